The van der Waals surface area contributed by atoms with Crippen LogP contribution in [0.5, 0.6) is 0 Å². The van der Waals surface area contributed by atoms with E-state index in [1.165, 1.54) is 19.3 Å². The molecular weight excluding hydrogens is 200 g/mol. The monoisotopic (exact) mass is 230 g/mol. The standard InChI is InChI=1S/C14H30O2/c1-7-8-9-10-13(16-6)12(11-15-5)14(2,3)4/h12-13H,7-11H2,1-6H3. The number of methoxy groups -OCH3 is 2. The molecule has 0 spiro atoms. The minimum absolute atomic E-state index is 0.239. The molecule has 0 aliphatic rings. The number of ether oxygens (including phenoxy) is 2. The van der Waals surface area contributed by atoms with Crippen molar-refractivity contribution in [1.29, 1.82) is 0 Å². The van der Waals surface area contributed by atoms with Crippen LogP contribution < -0.4 is 0 Å². The zero-order chi connectivity index (χ0) is 12.6. The van der Waals surface area contributed by atoms with Gasteiger partial charge in [0.2, 0.25) is 0 Å². The van der Waals surface area contributed by atoms with Gasteiger partial charge in [-0.25, -0.2) is 0 Å². The van der Waals surface area contributed by atoms with Crippen molar-refractivity contribution >= 4 is 0 Å². The Hall–Kier alpha value is -0.0800. The molecule has 16 heavy (non-hydrogen) atoms. The first-order chi connectivity index (χ1) is 7.47. The van der Waals surface area contributed by atoms with E-state index in [9.17, 15) is 0 Å². The van der Waals surface area contributed by atoms with Gasteiger partial charge in [0.1, 0.15) is 0 Å². The molecule has 0 heterocycles. The molecule has 0 fully saturated rings. The second-order valence-electron chi connectivity index (χ2n) is 5.70. The van der Waals surface area contributed by atoms with Crippen LogP contribution in [0.25, 0.3) is 0 Å². The van der Waals surface area contributed by atoms with Gasteiger partial charge in [-0.2, -0.15) is 0 Å². The molecule has 0 rings (SSSR count). The van der Waals surface area contributed by atoms with Crippen LogP contribution in [0.4, 0.5) is 0 Å². The van der Waals surface area contributed by atoms with Gasteiger partial charge in [0.05, 0.1) is 12.7 Å². The summed E-state index contributed by atoms with van der Waals surface area (Å²) in [6, 6.07) is 0. The molecule has 0 aromatic heterocycles. The molecule has 0 bridgehead atoms. The van der Waals surface area contributed by atoms with E-state index in [1.54, 1.807) is 7.11 Å². The van der Waals surface area contributed by atoms with E-state index in [0.717, 1.165) is 13.0 Å². The highest BCUT2D eigenvalue weighted by Crippen LogP contribution is 2.32. The molecule has 0 aliphatic carbocycles. The summed E-state index contributed by atoms with van der Waals surface area (Å²) in [4.78, 5) is 0. The second kappa shape index (κ2) is 8.08. The molecule has 0 saturated heterocycles. The van der Waals surface area contributed by atoms with Crippen LogP contribution >= 0.6 is 0 Å². The first kappa shape index (κ1) is 15.9. The fourth-order valence-electron chi connectivity index (χ4n) is 2.17. The van der Waals surface area contributed by atoms with Gasteiger partial charge in [0.15, 0.2) is 0 Å². The van der Waals surface area contributed by atoms with E-state index < -0.39 is 0 Å². The SMILES string of the molecule is CCCCCC(OC)C(COC)C(C)(C)C. The molecule has 98 valence electrons. The number of hydrogen-bond donors (Lipinski definition) is 0. The van der Waals surface area contributed by atoms with E-state index in [1.807, 2.05) is 7.11 Å². The van der Waals surface area contributed by atoms with E-state index in [2.05, 4.69) is 27.7 Å². The van der Waals surface area contributed by atoms with Crippen molar-refractivity contribution in [3.8, 4) is 0 Å². The number of hydrogen-bond acceptors (Lipinski definition) is 2. The van der Waals surface area contributed by atoms with Crippen LogP contribution in [0.2, 0.25) is 0 Å². The average molecular weight is 230 g/mol. The maximum absolute atomic E-state index is 5.66. The first-order valence-electron chi connectivity index (χ1n) is 6.49. The summed E-state index contributed by atoms with van der Waals surface area (Å²) in [5.41, 5.74) is 0.239. The summed E-state index contributed by atoms with van der Waals surface area (Å²) in [6.07, 6.45) is 5.29. The number of rotatable bonds is 8. The Balaban J connectivity index is 4.34. The summed E-state index contributed by atoms with van der Waals surface area (Å²) < 4.78 is 11.0. The topological polar surface area (TPSA) is 18.5 Å². The molecule has 0 aliphatic heterocycles. The fourth-order valence-corrected chi connectivity index (χ4v) is 2.17. The Morgan fingerprint density at radius 2 is 1.69 bits per heavy atom. The summed E-state index contributed by atoms with van der Waals surface area (Å²) >= 11 is 0. The Kier molecular flexibility index (Phi) is 8.04. The van der Waals surface area contributed by atoms with Gasteiger partial charge < -0.3 is 9.47 Å². The number of unbranched alkanes of at least 4 members (excludes halogenated alkanes) is 2. The molecule has 0 N–H and O–H groups in total. The quantitative estimate of drug-likeness (QED) is 0.589. The lowest BCUT2D eigenvalue weighted by atomic mass is 9.76. The van der Waals surface area contributed by atoms with Crippen molar-refractivity contribution in [2.75, 3.05) is 20.8 Å². The molecule has 0 saturated carbocycles. The van der Waals surface area contributed by atoms with Crippen molar-refractivity contribution < 1.29 is 9.47 Å². The molecule has 2 heteroatoms. The summed E-state index contributed by atoms with van der Waals surface area (Å²) in [5.74, 6) is 0.472. The predicted octanol–water partition coefficient (Wildman–Crippen LogP) is 3.89. The zero-order valence-corrected chi connectivity index (χ0v) is 12.0. The molecule has 2 unspecified atom stereocenters. The van der Waals surface area contributed by atoms with Gasteiger partial charge >= 0.3 is 0 Å². The van der Waals surface area contributed by atoms with Gasteiger partial charge in [-0.15, -0.1) is 0 Å². The van der Waals surface area contributed by atoms with Crippen molar-refractivity contribution in [2.45, 2.75) is 59.5 Å². The highest BCUT2D eigenvalue weighted by atomic mass is 16.5. The van der Waals surface area contributed by atoms with Crippen LogP contribution in [-0.4, -0.2) is 26.9 Å². The summed E-state index contributed by atoms with van der Waals surface area (Å²) in [6.45, 7) is 9.82. The highest BCUT2D eigenvalue weighted by Gasteiger charge is 2.31. The minimum Gasteiger partial charge on any atom is -0.384 e. The molecule has 0 amide bonds. The Morgan fingerprint density at radius 1 is 1.06 bits per heavy atom. The van der Waals surface area contributed by atoms with Crippen LogP contribution in [0.3, 0.4) is 0 Å². The normalized spacial score (nSPS) is 16.1. The van der Waals surface area contributed by atoms with Crippen molar-refractivity contribution in [3.05, 3.63) is 0 Å². The Labute approximate surface area is 102 Å². The smallest absolute Gasteiger partial charge is 0.0626 e. The maximum atomic E-state index is 5.66. The molecule has 2 atom stereocenters. The molecule has 0 radical (unpaired) electrons. The lowest BCUT2D eigenvalue weighted by Crippen LogP contribution is -2.36. The van der Waals surface area contributed by atoms with E-state index in [4.69, 9.17) is 9.47 Å². The Bertz CT molecular complexity index is 161. The fraction of sp³-hybridized carbons (Fsp3) is 1.00. The Morgan fingerprint density at radius 3 is 2.06 bits per heavy atom. The molecule has 2 nitrogen and oxygen atoms in total. The van der Waals surface area contributed by atoms with Gasteiger partial charge in [0, 0.05) is 20.1 Å². The predicted molar refractivity (Wildman–Crippen MR) is 69.8 cm³/mol. The average Bonchev–Trinajstić information content (AvgIpc) is 2.20. The van der Waals surface area contributed by atoms with E-state index in [-0.39, 0.29) is 5.41 Å². The summed E-state index contributed by atoms with van der Waals surface area (Å²) in [7, 11) is 3.60. The van der Waals surface area contributed by atoms with Crippen molar-refractivity contribution in [3.63, 3.8) is 0 Å². The van der Waals surface area contributed by atoms with Crippen LogP contribution in [0.15, 0.2) is 0 Å². The largest absolute Gasteiger partial charge is 0.384 e. The van der Waals surface area contributed by atoms with Gasteiger partial charge in [-0.3, -0.25) is 0 Å². The third kappa shape index (κ3) is 5.86. The zero-order valence-electron chi connectivity index (χ0n) is 12.0. The van der Waals surface area contributed by atoms with Gasteiger partial charge in [-0.05, 0) is 11.8 Å². The molecule has 0 aromatic rings. The highest BCUT2D eigenvalue weighted by molar-refractivity contribution is 4.81. The van der Waals surface area contributed by atoms with E-state index in [0.29, 0.717) is 12.0 Å². The van der Waals surface area contributed by atoms with Crippen LogP contribution in [0, 0.1) is 11.3 Å². The second-order valence-corrected chi connectivity index (χ2v) is 5.70. The van der Waals surface area contributed by atoms with Crippen LogP contribution in [0.1, 0.15) is 53.4 Å². The van der Waals surface area contributed by atoms with Crippen molar-refractivity contribution in [2.24, 2.45) is 11.3 Å². The molecular formula is C14H30O2. The van der Waals surface area contributed by atoms with Gasteiger partial charge in [-0.1, -0.05) is 47.0 Å². The van der Waals surface area contributed by atoms with Crippen molar-refractivity contribution in [1.82, 2.24) is 0 Å². The van der Waals surface area contributed by atoms with E-state index >= 15 is 0 Å². The lowest BCUT2D eigenvalue weighted by molar-refractivity contribution is -0.0374. The third-order valence-electron chi connectivity index (χ3n) is 3.30. The minimum atomic E-state index is 0.239. The van der Waals surface area contributed by atoms with Crippen LogP contribution in [-0.2, 0) is 9.47 Å². The maximum Gasteiger partial charge on any atom is 0.0626 e. The van der Waals surface area contributed by atoms with Gasteiger partial charge in [0.25, 0.3) is 0 Å². The first-order valence-corrected chi connectivity index (χ1v) is 6.49. The summed E-state index contributed by atoms with van der Waals surface area (Å²) in [5, 5.41) is 0. The third-order valence-corrected chi connectivity index (χ3v) is 3.30. The lowest BCUT2D eigenvalue weighted by Gasteiger charge is -2.36. The molecule has 0 aromatic carbocycles.